The van der Waals surface area contributed by atoms with Crippen LogP contribution in [0.4, 0.5) is 5.82 Å². The largest absolute Gasteiger partial charge is 0.490 e. The molecule has 0 fully saturated rings. The summed E-state index contributed by atoms with van der Waals surface area (Å²) in [6.45, 7) is 1.29. The Balaban J connectivity index is 1.80. The Morgan fingerprint density at radius 2 is 2.12 bits per heavy atom. The topological polar surface area (TPSA) is 108 Å². The van der Waals surface area contributed by atoms with Crippen LogP contribution in [0.2, 0.25) is 0 Å². The highest BCUT2D eigenvalue weighted by atomic mass is 16.5. The van der Waals surface area contributed by atoms with E-state index in [1.54, 1.807) is 0 Å². The minimum atomic E-state index is -0.298. The third-order valence-corrected chi connectivity index (χ3v) is 4.13. The van der Waals surface area contributed by atoms with Gasteiger partial charge in [-0.15, -0.1) is 0 Å². The first-order valence-electron chi connectivity index (χ1n) is 8.46. The molecule has 0 saturated carbocycles. The van der Waals surface area contributed by atoms with E-state index in [2.05, 4.69) is 21.0 Å². The lowest BCUT2D eigenvalue weighted by molar-refractivity contribution is 0.289. The number of allylic oxidation sites excluding steroid dienone is 1. The van der Waals surface area contributed by atoms with Crippen molar-refractivity contribution in [1.82, 2.24) is 19.5 Å². The smallest absolute Gasteiger partial charge is 0.328 e. The number of hydrogen-bond acceptors (Lipinski definition) is 6. The molecule has 4 bridgehead atoms. The van der Waals surface area contributed by atoms with E-state index in [1.165, 1.54) is 4.57 Å². The monoisotopic (exact) mass is 353 g/mol. The summed E-state index contributed by atoms with van der Waals surface area (Å²) in [5.74, 6) is 0.948. The van der Waals surface area contributed by atoms with Gasteiger partial charge in [-0.2, -0.15) is 9.97 Å². The lowest BCUT2D eigenvalue weighted by Crippen LogP contribution is -2.18. The van der Waals surface area contributed by atoms with Gasteiger partial charge in [-0.05, 0) is 30.5 Å². The molecule has 0 radical (unpaired) electrons. The van der Waals surface area contributed by atoms with Crippen molar-refractivity contribution in [2.75, 3.05) is 18.9 Å². The maximum atomic E-state index is 12.4. The molecular formula is C18H19N5O3. The van der Waals surface area contributed by atoms with Gasteiger partial charge in [0.25, 0.3) is 0 Å². The molecular weight excluding hydrogens is 334 g/mol. The van der Waals surface area contributed by atoms with Gasteiger partial charge in [-0.25, -0.2) is 4.79 Å². The van der Waals surface area contributed by atoms with Crippen LogP contribution < -0.4 is 20.9 Å². The van der Waals surface area contributed by atoms with Crippen molar-refractivity contribution in [3.05, 3.63) is 52.5 Å². The fraction of sp³-hybridized carbons (Fsp3) is 0.278. The summed E-state index contributed by atoms with van der Waals surface area (Å²) in [7, 11) is 0. The summed E-state index contributed by atoms with van der Waals surface area (Å²) in [6.07, 6.45) is 5.71. The number of nitrogens with two attached hydrogens (primary N) is 1. The molecule has 1 aromatic carbocycles. The number of fused-ring (bicyclic) bond motifs is 3. The molecule has 1 aliphatic heterocycles. The summed E-state index contributed by atoms with van der Waals surface area (Å²) in [5.41, 5.74) is 7.43. The fourth-order valence-electron chi connectivity index (χ4n) is 2.85. The van der Waals surface area contributed by atoms with Crippen molar-refractivity contribution in [3.8, 4) is 11.8 Å². The van der Waals surface area contributed by atoms with Crippen LogP contribution in [0.5, 0.6) is 11.8 Å². The molecule has 3 heterocycles. The van der Waals surface area contributed by atoms with Crippen LogP contribution >= 0.6 is 0 Å². The van der Waals surface area contributed by atoms with E-state index in [4.69, 9.17) is 15.2 Å². The second kappa shape index (κ2) is 6.91. The second-order valence-electron chi connectivity index (χ2n) is 6.03. The molecule has 0 unspecified atom stereocenters. The summed E-state index contributed by atoms with van der Waals surface area (Å²) in [4.78, 5) is 23.6. The number of nitrogens with one attached hydrogen (secondary N) is 1. The number of ether oxygens (including phenoxy) is 2. The first-order valence-corrected chi connectivity index (χ1v) is 8.46. The van der Waals surface area contributed by atoms with Gasteiger partial charge in [0.2, 0.25) is 0 Å². The average molecular weight is 353 g/mol. The summed E-state index contributed by atoms with van der Waals surface area (Å²) in [5, 5.41) is 0. The third kappa shape index (κ3) is 3.26. The molecule has 4 rings (SSSR count). The van der Waals surface area contributed by atoms with E-state index < -0.39 is 0 Å². The van der Waals surface area contributed by atoms with Crippen LogP contribution in [0.1, 0.15) is 18.4 Å². The number of nitrogens with zero attached hydrogens (tertiary/aromatic N) is 3. The van der Waals surface area contributed by atoms with E-state index in [-0.39, 0.29) is 17.5 Å². The number of hydrogen-bond donors (Lipinski definition) is 2. The molecule has 0 amide bonds. The molecule has 0 aliphatic carbocycles. The highest BCUT2D eigenvalue weighted by molar-refractivity contribution is 5.81. The van der Waals surface area contributed by atoms with E-state index >= 15 is 0 Å². The summed E-state index contributed by atoms with van der Waals surface area (Å²) < 4.78 is 12.9. The number of anilines is 1. The van der Waals surface area contributed by atoms with Crippen molar-refractivity contribution >= 4 is 17.0 Å². The Labute approximate surface area is 149 Å². The van der Waals surface area contributed by atoms with Gasteiger partial charge in [0.05, 0.1) is 13.2 Å². The van der Waals surface area contributed by atoms with Crippen LogP contribution in [-0.4, -0.2) is 32.7 Å². The third-order valence-electron chi connectivity index (χ3n) is 4.13. The zero-order valence-corrected chi connectivity index (χ0v) is 14.1. The van der Waals surface area contributed by atoms with E-state index in [0.717, 1.165) is 24.2 Å². The Morgan fingerprint density at radius 3 is 3.04 bits per heavy atom. The quantitative estimate of drug-likeness (QED) is 0.597. The Bertz CT molecular complexity index is 1020. The molecule has 8 heteroatoms. The lowest BCUT2D eigenvalue weighted by atomic mass is 10.2. The molecule has 8 nitrogen and oxygen atoms in total. The molecule has 26 heavy (non-hydrogen) atoms. The maximum Gasteiger partial charge on any atom is 0.328 e. The first kappa shape index (κ1) is 16.2. The average Bonchev–Trinajstić information content (AvgIpc) is 2.93. The molecule has 0 atom stereocenters. The fourth-order valence-corrected chi connectivity index (χ4v) is 2.85. The molecule has 134 valence electrons. The molecule has 0 spiro atoms. The molecule has 1 aliphatic rings. The normalized spacial score (nSPS) is 14.9. The Kier molecular flexibility index (Phi) is 4.30. The summed E-state index contributed by atoms with van der Waals surface area (Å²) in [6, 6.07) is 7.81. The maximum absolute atomic E-state index is 12.4. The number of aromatic nitrogens is 4. The molecule has 3 N–H and O–H groups in total. The second-order valence-corrected chi connectivity index (χ2v) is 6.03. The van der Waals surface area contributed by atoms with Crippen LogP contribution in [0, 0.1) is 0 Å². The van der Waals surface area contributed by atoms with Crippen LogP contribution in [-0.2, 0) is 6.54 Å². The van der Waals surface area contributed by atoms with E-state index in [1.807, 2.05) is 30.3 Å². The van der Waals surface area contributed by atoms with Gasteiger partial charge in [0.1, 0.15) is 17.9 Å². The van der Waals surface area contributed by atoms with Crippen molar-refractivity contribution in [2.45, 2.75) is 19.4 Å². The zero-order valence-electron chi connectivity index (χ0n) is 14.1. The summed E-state index contributed by atoms with van der Waals surface area (Å²) >= 11 is 0. The van der Waals surface area contributed by atoms with Crippen molar-refractivity contribution in [1.29, 1.82) is 0 Å². The Hall–Kier alpha value is -3.29. The highest BCUT2D eigenvalue weighted by Crippen LogP contribution is 2.20. The van der Waals surface area contributed by atoms with E-state index in [0.29, 0.717) is 30.9 Å². The first-order chi connectivity index (χ1) is 12.7. The van der Waals surface area contributed by atoms with Gasteiger partial charge in [-0.3, -0.25) is 4.57 Å². The van der Waals surface area contributed by atoms with Gasteiger partial charge in [0.15, 0.2) is 11.5 Å². The van der Waals surface area contributed by atoms with Crippen molar-refractivity contribution < 1.29 is 9.47 Å². The van der Waals surface area contributed by atoms with Crippen molar-refractivity contribution in [3.63, 3.8) is 0 Å². The minimum absolute atomic E-state index is 0.177. The minimum Gasteiger partial charge on any atom is -0.490 e. The van der Waals surface area contributed by atoms with Gasteiger partial charge in [0, 0.05) is 0 Å². The molecule has 2 aromatic heterocycles. The van der Waals surface area contributed by atoms with E-state index in [9.17, 15) is 4.79 Å². The molecule has 0 saturated heterocycles. The van der Waals surface area contributed by atoms with Gasteiger partial charge in [-0.1, -0.05) is 24.3 Å². The van der Waals surface area contributed by atoms with Crippen molar-refractivity contribution in [2.24, 2.45) is 0 Å². The van der Waals surface area contributed by atoms with Gasteiger partial charge >= 0.3 is 11.7 Å². The van der Waals surface area contributed by atoms with Crippen LogP contribution in [0.15, 0.2) is 41.2 Å². The Morgan fingerprint density at radius 1 is 1.19 bits per heavy atom. The lowest BCUT2D eigenvalue weighted by Gasteiger charge is -2.09. The highest BCUT2D eigenvalue weighted by Gasteiger charge is 2.15. The number of rotatable bonds is 0. The zero-order chi connectivity index (χ0) is 17.9. The SMILES string of the molecule is Nc1nc2nc3c1[nH]c(=O)n3Cc1cccc(c1)OCC=CCCCO2. The predicted molar refractivity (Wildman–Crippen MR) is 97.5 cm³/mol. The number of benzene rings is 1. The number of nitrogen functional groups attached to an aromatic ring is 1. The van der Waals surface area contributed by atoms with Crippen LogP contribution in [0.25, 0.3) is 11.2 Å². The molecule has 3 aromatic rings. The number of imidazole rings is 1. The number of H-pyrrole nitrogens is 1. The predicted octanol–water partition coefficient (Wildman–Crippen LogP) is 1.86. The van der Waals surface area contributed by atoms with Crippen LogP contribution in [0.3, 0.4) is 0 Å². The standard InChI is InChI=1S/C18H19N5O3/c19-15-14-16-22-17(21-15)26-9-4-2-1-3-8-25-13-7-5-6-12(10-13)11-23(16)18(24)20-14/h1,3,5-7,10H,2,4,8-9,11H2,(H,20,24)(H2,19,21,22). The number of aromatic amines is 1. The van der Waals surface area contributed by atoms with Gasteiger partial charge < -0.3 is 20.2 Å².